The Hall–Kier alpha value is -3.28. The number of anilines is 3. The molecule has 0 spiro atoms. The highest BCUT2D eigenvalue weighted by molar-refractivity contribution is 5.76. The molecular formula is C31H31N. The van der Waals surface area contributed by atoms with E-state index in [1.54, 1.807) is 0 Å². The van der Waals surface area contributed by atoms with Crippen LogP contribution in [0.1, 0.15) is 48.8 Å². The van der Waals surface area contributed by atoms with Crippen molar-refractivity contribution in [3.63, 3.8) is 0 Å². The quantitative estimate of drug-likeness (QED) is 0.376. The Balaban J connectivity index is 1.55. The molecule has 0 radical (unpaired) electrons. The molecule has 0 bridgehead atoms. The lowest BCUT2D eigenvalue weighted by Gasteiger charge is -2.39. The van der Waals surface area contributed by atoms with Gasteiger partial charge in [-0.25, -0.2) is 0 Å². The zero-order valence-electron chi connectivity index (χ0n) is 19.1. The first kappa shape index (κ1) is 20.6. The van der Waals surface area contributed by atoms with Crippen molar-refractivity contribution < 1.29 is 0 Å². The van der Waals surface area contributed by atoms with Crippen LogP contribution in [-0.4, -0.2) is 0 Å². The van der Waals surface area contributed by atoms with Crippen LogP contribution in [0, 0.1) is 13.8 Å². The molecule has 1 saturated carbocycles. The molecule has 0 amide bonds. The Morgan fingerprint density at radius 1 is 0.656 bits per heavy atom. The second-order valence-corrected chi connectivity index (χ2v) is 9.30. The van der Waals surface area contributed by atoms with Gasteiger partial charge >= 0.3 is 0 Å². The van der Waals surface area contributed by atoms with Gasteiger partial charge < -0.3 is 4.90 Å². The van der Waals surface area contributed by atoms with Crippen LogP contribution < -0.4 is 4.90 Å². The Morgan fingerprint density at radius 2 is 1.16 bits per heavy atom. The molecule has 2 aliphatic rings. The Morgan fingerprint density at radius 3 is 1.62 bits per heavy atom. The zero-order chi connectivity index (χ0) is 22.0. The fourth-order valence-corrected chi connectivity index (χ4v) is 5.29. The Labute approximate surface area is 192 Å². The molecule has 0 heterocycles. The van der Waals surface area contributed by atoms with E-state index in [1.165, 1.54) is 71.4 Å². The lowest BCUT2D eigenvalue weighted by atomic mass is 9.65. The molecule has 1 fully saturated rings. The minimum atomic E-state index is 0.134. The molecule has 0 N–H and O–H groups in total. The molecular weight excluding hydrogens is 386 g/mol. The van der Waals surface area contributed by atoms with E-state index in [0.717, 1.165) is 0 Å². The van der Waals surface area contributed by atoms with E-state index in [-0.39, 0.29) is 5.41 Å². The predicted octanol–water partition coefficient (Wildman–Crippen LogP) is 8.63. The summed E-state index contributed by atoms with van der Waals surface area (Å²) in [5.41, 5.74) is 12.4. The first-order valence-corrected chi connectivity index (χ1v) is 11.8. The van der Waals surface area contributed by atoms with E-state index < -0.39 is 0 Å². The summed E-state index contributed by atoms with van der Waals surface area (Å²) in [6, 6.07) is 26.9. The van der Waals surface area contributed by atoms with E-state index in [9.17, 15) is 0 Å². The van der Waals surface area contributed by atoms with Crippen molar-refractivity contribution in [1.82, 2.24) is 0 Å². The molecule has 2 aliphatic carbocycles. The summed E-state index contributed by atoms with van der Waals surface area (Å²) in [5, 5.41) is 0. The van der Waals surface area contributed by atoms with Gasteiger partial charge in [0.2, 0.25) is 0 Å². The SMILES string of the molecule is Cc1ccc(N(c2ccc(C)cc2)c2ccc(C3(C4=CC=C=C4)CCCCC3)cc2)cc1. The van der Waals surface area contributed by atoms with E-state index in [4.69, 9.17) is 0 Å². The van der Waals surface area contributed by atoms with Crippen LogP contribution in [-0.2, 0) is 5.41 Å². The molecule has 0 atom stereocenters. The monoisotopic (exact) mass is 417 g/mol. The number of allylic oxidation sites excluding steroid dienone is 3. The lowest BCUT2D eigenvalue weighted by Crippen LogP contribution is -2.30. The molecule has 3 aromatic rings. The lowest BCUT2D eigenvalue weighted by molar-refractivity contribution is 0.345. The van der Waals surface area contributed by atoms with Crippen molar-refractivity contribution in [2.45, 2.75) is 51.4 Å². The van der Waals surface area contributed by atoms with Gasteiger partial charge in [-0.05, 0) is 92.5 Å². The van der Waals surface area contributed by atoms with Crippen LogP contribution in [0.5, 0.6) is 0 Å². The maximum Gasteiger partial charge on any atom is 0.0461 e. The van der Waals surface area contributed by atoms with Crippen molar-refractivity contribution in [2.24, 2.45) is 0 Å². The Bertz CT molecular complexity index is 1120. The average Bonchev–Trinajstić information content (AvgIpc) is 3.38. The topological polar surface area (TPSA) is 3.24 Å². The highest BCUT2D eigenvalue weighted by Crippen LogP contribution is 2.47. The summed E-state index contributed by atoms with van der Waals surface area (Å²) in [6.45, 7) is 4.28. The zero-order valence-corrected chi connectivity index (χ0v) is 19.1. The van der Waals surface area contributed by atoms with Crippen LogP contribution in [0.3, 0.4) is 0 Å². The molecule has 0 saturated heterocycles. The summed E-state index contributed by atoms with van der Waals surface area (Å²) in [4.78, 5) is 2.35. The van der Waals surface area contributed by atoms with Gasteiger partial charge in [0.1, 0.15) is 0 Å². The largest absolute Gasteiger partial charge is 0.311 e. The minimum absolute atomic E-state index is 0.134. The van der Waals surface area contributed by atoms with Crippen molar-refractivity contribution in [3.8, 4) is 0 Å². The van der Waals surface area contributed by atoms with Gasteiger partial charge in [-0.3, -0.25) is 0 Å². The molecule has 1 heteroatoms. The van der Waals surface area contributed by atoms with Crippen LogP contribution in [0.15, 0.2) is 102 Å². The van der Waals surface area contributed by atoms with Gasteiger partial charge in [0.25, 0.3) is 0 Å². The van der Waals surface area contributed by atoms with Crippen LogP contribution in [0.25, 0.3) is 0 Å². The second kappa shape index (κ2) is 8.69. The van der Waals surface area contributed by atoms with Gasteiger partial charge in [0.15, 0.2) is 0 Å². The van der Waals surface area contributed by atoms with E-state index in [1.807, 2.05) is 0 Å². The van der Waals surface area contributed by atoms with Crippen molar-refractivity contribution >= 4 is 17.1 Å². The van der Waals surface area contributed by atoms with E-state index in [0.29, 0.717) is 0 Å². The third-order valence-electron chi connectivity index (χ3n) is 7.12. The van der Waals surface area contributed by atoms with Crippen molar-refractivity contribution in [2.75, 3.05) is 4.90 Å². The number of benzene rings is 3. The molecule has 0 aliphatic heterocycles. The summed E-state index contributed by atoms with van der Waals surface area (Å²) < 4.78 is 0. The number of hydrogen-bond acceptors (Lipinski definition) is 1. The number of rotatable bonds is 5. The normalized spacial score (nSPS) is 16.8. The maximum absolute atomic E-state index is 3.29. The van der Waals surface area contributed by atoms with Gasteiger partial charge in [0.05, 0.1) is 0 Å². The van der Waals surface area contributed by atoms with Crippen LogP contribution in [0.4, 0.5) is 17.1 Å². The number of nitrogens with zero attached hydrogens (tertiary/aromatic N) is 1. The number of hydrogen-bond donors (Lipinski definition) is 0. The fraction of sp³-hybridized carbons (Fsp3) is 0.258. The van der Waals surface area contributed by atoms with E-state index in [2.05, 4.69) is 116 Å². The van der Waals surface area contributed by atoms with Crippen LogP contribution in [0.2, 0.25) is 0 Å². The highest BCUT2D eigenvalue weighted by Gasteiger charge is 2.36. The average molecular weight is 418 g/mol. The van der Waals surface area contributed by atoms with Gasteiger partial charge in [-0.15, -0.1) is 5.73 Å². The number of aryl methyl sites for hydroxylation is 2. The minimum Gasteiger partial charge on any atom is -0.311 e. The maximum atomic E-state index is 3.29. The smallest absolute Gasteiger partial charge is 0.0461 e. The predicted molar refractivity (Wildman–Crippen MR) is 136 cm³/mol. The van der Waals surface area contributed by atoms with Crippen LogP contribution >= 0.6 is 0 Å². The third-order valence-corrected chi connectivity index (χ3v) is 7.12. The summed E-state index contributed by atoms with van der Waals surface area (Å²) in [6.07, 6.45) is 12.9. The second-order valence-electron chi connectivity index (χ2n) is 9.30. The third kappa shape index (κ3) is 3.85. The molecule has 160 valence electrons. The van der Waals surface area contributed by atoms with Gasteiger partial charge in [0, 0.05) is 22.5 Å². The first-order valence-electron chi connectivity index (χ1n) is 11.8. The van der Waals surface area contributed by atoms with Crippen molar-refractivity contribution in [3.05, 3.63) is 119 Å². The first-order chi connectivity index (χ1) is 15.7. The molecule has 3 aromatic carbocycles. The summed E-state index contributed by atoms with van der Waals surface area (Å²) >= 11 is 0. The van der Waals surface area contributed by atoms with Gasteiger partial charge in [-0.1, -0.05) is 66.8 Å². The molecule has 32 heavy (non-hydrogen) atoms. The van der Waals surface area contributed by atoms with Gasteiger partial charge in [-0.2, -0.15) is 0 Å². The molecule has 1 nitrogen and oxygen atoms in total. The standard InChI is InChI=1S/C31H31N/c1-24-10-16-28(17-11-24)32(29-18-12-25(2)13-19-29)30-20-14-27(15-21-30)31(22-6-3-7-23-31)26-8-4-5-9-26/h4,8-21H,3,6-7,22-23H2,1-2H3. The van der Waals surface area contributed by atoms with Crippen molar-refractivity contribution in [1.29, 1.82) is 0 Å². The fourth-order valence-electron chi connectivity index (χ4n) is 5.29. The summed E-state index contributed by atoms with van der Waals surface area (Å²) in [7, 11) is 0. The molecule has 0 aromatic heterocycles. The molecule has 5 rings (SSSR count). The summed E-state index contributed by atoms with van der Waals surface area (Å²) in [5.74, 6) is 0. The molecule has 0 unspecified atom stereocenters. The Kier molecular flexibility index (Phi) is 5.60. The highest BCUT2D eigenvalue weighted by atomic mass is 15.1. The van der Waals surface area contributed by atoms with E-state index >= 15 is 0 Å².